The van der Waals surface area contributed by atoms with Gasteiger partial charge in [0.2, 0.25) is 0 Å². The fraction of sp³-hybridized carbons (Fsp3) is 0.328. The maximum Gasteiger partial charge on any atom is 0.129 e. The molecule has 64 heavy (non-hydrogen) atoms. The first-order chi connectivity index (χ1) is 29.8. The zero-order chi connectivity index (χ0) is 46.1. The first-order valence-corrected chi connectivity index (χ1v) is 26.3. The number of pyridine rings is 1. The number of nitrogens with zero attached hydrogens (tertiary/aromatic N) is 3. The van der Waals surface area contributed by atoms with E-state index in [0.717, 1.165) is 83.8 Å². The molecule has 6 aromatic rings. The third-order valence-corrected chi connectivity index (χ3v) is 13.1. The molecule has 8 rings (SSSR count). The van der Waals surface area contributed by atoms with Crippen LogP contribution in [0.15, 0.2) is 85.2 Å². The average Bonchev–Trinajstić information content (AvgIpc) is 4.04. The summed E-state index contributed by atoms with van der Waals surface area (Å²) in [7, 11) is -1.80. The van der Waals surface area contributed by atoms with E-state index in [9.17, 15) is 0 Å². The van der Waals surface area contributed by atoms with Gasteiger partial charge in [0, 0.05) is 45.6 Å². The molecule has 5 nitrogen and oxygen atoms in total. The summed E-state index contributed by atoms with van der Waals surface area (Å²) in [6.45, 7) is 34.4. The number of benzene rings is 2. The maximum absolute atomic E-state index is 5.58. The van der Waals surface area contributed by atoms with Gasteiger partial charge in [-0.05, 0) is 121 Å². The lowest BCUT2D eigenvalue weighted by molar-refractivity contribution is 0.568. The minimum Gasteiger partial charge on any atom is -0.354 e. The quantitative estimate of drug-likeness (QED) is 0.137. The minimum absolute atomic E-state index is 0.0687. The fourth-order valence-corrected chi connectivity index (χ4v) is 8.79. The summed E-state index contributed by atoms with van der Waals surface area (Å²) >= 11 is 0. The van der Waals surface area contributed by atoms with Gasteiger partial charge in [-0.2, -0.15) is 0 Å². The summed E-state index contributed by atoms with van der Waals surface area (Å²) in [5.74, 6) is 3.69. The van der Waals surface area contributed by atoms with Crippen molar-refractivity contribution in [2.75, 3.05) is 0 Å². The summed E-state index contributed by atoms with van der Waals surface area (Å²) in [4.78, 5) is 23.4. The van der Waals surface area contributed by atoms with Gasteiger partial charge in [0.1, 0.15) is 8.07 Å². The monoisotopic (exact) mass is 860 g/mol. The van der Waals surface area contributed by atoms with Crippen LogP contribution < -0.4 is 0 Å². The van der Waals surface area contributed by atoms with E-state index < -0.39 is 8.07 Å². The van der Waals surface area contributed by atoms with Gasteiger partial charge in [0.25, 0.3) is 0 Å². The molecule has 8 bridgehead atoms. The van der Waals surface area contributed by atoms with Crippen LogP contribution in [0.2, 0.25) is 19.6 Å². The molecule has 2 aliphatic rings. The predicted octanol–water partition coefficient (Wildman–Crippen LogP) is 15.5. The maximum atomic E-state index is 5.58. The largest absolute Gasteiger partial charge is 0.354 e. The Labute approximate surface area is 382 Å². The van der Waals surface area contributed by atoms with Gasteiger partial charge >= 0.3 is 0 Å². The van der Waals surface area contributed by atoms with Crippen LogP contribution in [0.25, 0.3) is 79.8 Å². The van der Waals surface area contributed by atoms with Gasteiger partial charge in [-0.3, -0.25) is 4.98 Å². The number of nitrogens with one attached hydrogen (secondary N) is 2. The molecule has 0 amide bonds. The number of aromatic nitrogens is 5. The molecule has 0 atom stereocenters. The first kappa shape index (κ1) is 44.6. The molecule has 0 unspecified atom stereocenters. The van der Waals surface area contributed by atoms with Crippen molar-refractivity contribution < 1.29 is 0 Å². The third-order valence-electron chi connectivity index (χ3n) is 12.2. The van der Waals surface area contributed by atoms with Crippen LogP contribution >= 0.6 is 0 Å². The molecule has 6 heteroatoms. The molecule has 0 saturated heterocycles. The molecule has 0 aliphatic carbocycles. The van der Waals surface area contributed by atoms with E-state index in [0.29, 0.717) is 0 Å². The Hall–Kier alpha value is -6.03. The van der Waals surface area contributed by atoms with Crippen molar-refractivity contribution in [2.24, 2.45) is 0 Å². The molecule has 0 saturated carbocycles. The van der Waals surface area contributed by atoms with Crippen molar-refractivity contribution in [1.82, 2.24) is 24.9 Å². The van der Waals surface area contributed by atoms with Gasteiger partial charge in [-0.15, -0.1) is 5.54 Å². The smallest absolute Gasteiger partial charge is 0.129 e. The second-order valence-electron chi connectivity index (χ2n) is 22.8. The van der Waals surface area contributed by atoms with Gasteiger partial charge in [0.05, 0.1) is 33.9 Å². The highest BCUT2D eigenvalue weighted by Gasteiger charge is 2.26. The number of hydrogen-bond donors (Lipinski definition) is 2. The Balaban J connectivity index is 1.59. The summed E-state index contributed by atoms with van der Waals surface area (Å²) in [6, 6.07) is 27.1. The van der Waals surface area contributed by atoms with Crippen LogP contribution in [0.5, 0.6) is 0 Å². The lowest BCUT2D eigenvalue weighted by Crippen LogP contribution is -2.16. The van der Waals surface area contributed by atoms with E-state index in [-0.39, 0.29) is 21.7 Å². The molecule has 326 valence electrons. The van der Waals surface area contributed by atoms with Crippen molar-refractivity contribution in [3.05, 3.63) is 136 Å². The molecule has 2 aliphatic heterocycles. The third kappa shape index (κ3) is 9.15. The molecule has 4 aromatic heterocycles. The topological polar surface area (TPSA) is 70.2 Å². The second-order valence-corrected chi connectivity index (χ2v) is 27.6. The number of H-pyrrole nitrogens is 2. The standard InChI is InChI=1S/C58H65N5Si/c1-55(2,3)39-30-37(31-40(34-39)56(4,5)6)53-48-18-16-44(60-48)43(26-29-64(13,14)15)45-17-19-49(61-45)54(38-32-41(57(7,8)9)35-42(33-38)58(10,11)12)51-23-21-47(63-51)52(36-24-27-59-28-25-36)46-20-22-50(53)62-46/h16-25,27-28,30-35,60,63H,1-15H3. The van der Waals surface area contributed by atoms with Crippen LogP contribution in [0.4, 0.5) is 0 Å². The van der Waals surface area contributed by atoms with Crippen LogP contribution in [0, 0.1) is 11.5 Å². The van der Waals surface area contributed by atoms with Crippen molar-refractivity contribution in [2.45, 2.75) is 124 Å². The molecular weight excluding hydrogens is 795 g/mol. The van der Waals surface area contributed by atoms with Crippen molar-refractivity contribution in [3.8, 4) is 44.8 Å². The van der Waals surface area contributed by atoms with Gasteiger partial charge in [-0.25, -0.2) is 9.97 Å². The Morgan fingerprint density at radius 3 is 1.16 bits per heavy atom. The molecule has 0 fully saturated rings. The fourth-order valence-electron chi connectivity index (χ4n) is 8.29. The van der Waals surface area contributed by atoms with Crippen LogP contribution in [-0.2, 0) is 21.7 Å². The van der Waals surface area contributed by atoms with Crippen molar-refractivity contribution in [3.63, 3.8) is 0 Å². The molecule has 2 N–H and O–H groups in total. The van der Waals surface area contributed by atoms with Gasteiger partial charge in [-0.1, -0.05) is 145 Å². The lowest BCUT2D eigenvalue weighted by atomic mass is 9.78. The van der Waals surface area contributed by atoms with E-state index in [1.54, 1.807) is 0 Å². The van der Waals surface area contributed by atoms with E-state index >= 15 is 0 Å². The van der Waals surface area contributed by atoms with E-state index in [1.165, 1.54) is 22.3 Å². The normalized spacial score (nSPS) is 13.3. The van der Waals surface area contributed by atoms with Gasteiger partial charge < -0.3 is 9.97 Å². The highest BCUT2D eigenvalue weighted by atomic mass is 28.3. The Kier molecular flexibility index (Phi) is 11.1. The Morgan fingerprint density at radius 2 is 0.766 bits per heavy atom. The second kappa shape index (κ2) is 15.9. The zero-order valence-corrected chi connectivity index (χ0v) is 41.7. The molecule has 0 radical (unpaired) electrons. The highest BCUT2D eigenvalue weighted by molar-refractivity contribution is 6.83. The summed E-state index contributed by atoms with van der Waals surface area (Å²) in [5.41, 5.74) is 23.2. The number of rotatable bonds is 3. The zero-order valence-electron chi connectivity index (χ0n) is 40.7. The lowest BCUT2D eigenvalue weighted by Gasteiger charge is -2.26. The van der Waals surface area contributed by atoms with Crippen molar-refractivity contribution in [1.29, 1.82) is 0 Å². The number of hydrogen-bond acceptors (Lipinski definition) is 3. The SMILES string of the molecule is CC(C)(C)c1cc(-c2c3nc(c(-c4ccncc4)c4ccc([nH]4)c(-c4cc(C(C)(C)C)cc(C(C)(C)C)c4)c4nc(c(C#C[Si](C)(C)C)c5ccc2[nH]5)C=C4)C=C3)cc(C(C)(C)C)c1. The summed E-state index contributed by atoms with van der Waals surface area (Å²) in [5, 5.41) is 0. The highest BCUT2D eigenvalue weighted by Crippen LogP contribution is 2.41. The predicted molar refractivity (Wildman–Crippen MR) is 278 cm³/mol. The van der Waals surface area contributed by atoms with Crippen LogP contribution in [0.1, 0.15) is 134 Å². The molecular formula is C58H65N5Si. The van der Waals surface area contributed by atoms with Gasteiger partial charge in [0.15, 0.2) is 0 Å². The van der Waals surface area contributed by atoms with E-state index in [4.69, 9.17) is 9.97 Å². The Bertz CT molecular complexity index is 2970. The Morgan fingerprint density at radius 1 is 0.422 bits per heavy atom. The molecule has 0 spiro atoms. The number of fused-ring (bicyclic) bond motifs is 8. The molecule has 6 heterocycles. The van der Waals surface area contributed by atoms with Crippen LogP contribution in [0.3, 0.4) is 0 Å². The van der Waals surface area contributed by atoms with Crippen molar-refractivity contribution >= 4 is 54.4 Å². The van der Waals surface area contributed by atoms with E-state index in [1.807, 2.05) is 12.4 Å². The van der Waals surface area contributed by atoms with Crippen LogP contribution in [-0.4, -0.2) is 33.0 Å². The first-order valence-electron chi connectivity index (χ1n) is 22.8. The summed E-state index contributed by atoms with van der Waals surface area (Å²) in [6.07, 6.45) is 12.4. The summed E-state index contributed by atoms with van der Waals surface area (Å²) < 4.78 is 0. The number of aromatic amines is 2. The average molecular weight is 860 g/mol. The molecule has 2 aromatic carbocycles. The van der Waals surface area contributed by atoms with E-state index in [2.05, 4.69) is 226 Å². The minimum atomic E-state index is -1.80.